The fourth-order valence-corrected chi connectivity index (χ4v) is 4.21. The van der Waals surface area contributed by atoms with Gasteiger partial charge in [-0.2, -0.15) is 0 Å². The minimum atomic E-state index is -0.0693. The van der Waals surface area contributed by atoms with E-state index in [0.29, 0.717) is 18.0 Å². The van der Waals surface area contributed by atoms with Crippen molar-refractivity contribution in [2.75, 3.05) is 47.8 Å². The number of fused-ring (bicyclic) bond motifs is 1. The summed E-state index contributed by atoms with van der Waals surface area (Å²) in [6.45, 7) is 3.09. The van der Waals surface area contributed by atoms with Gasteiger partial charge in [-0.1, -0.05) is 12.1 Å². The van der Waals surface area contributed by atoms with Gasteiger partial charge in [0.15, 0.2) is 29.0 Å². The molecule has 9 heteroatoms. The highest BCUT2D eigenvalue weighted by Gasteiger charge is 2.35. The van der Waals surface area contributed by atoms with Crippen molar-refractivity contribution in [1.29, 1.82) is 0 Å². The molecule has 0 spiro atoms. The van der Waals surface area contributed by atoms with Gasteiger partial charge in [-0.15, -0.1) is 24.0 Å². The molecule has 180 valence electrons. The molecule has 1 fully saturated rings. The van der Waals surface area contributed by atoms with E-state index < -0.39 is 0 Å². The van der Waals surface area contributed by atoms with Gasteiger partial charge in [-0.3, -0.25) is 4.99 Å². The van der Waals surface area contributed by atoms with Gasteiger partial charge >= 0.3 is 0 Å². The Bertz CT molecular complexity index is 963. The average Bonchev–Trinajstić information content (AvgIpc) is 3.32. The van der Waals surface area contributed by atoms with Crippen molar-refractivity contribution in [2.24, 2.45) is 4.99 Å². The normalized spacial score (nSPS) is 16.5. The van der Waals surface area contributed by atoms with E-state index in [2.05, 4.69) is 27.8 Å². The highest BCUT2D eigenvalue weighted by molar-refractivity contribution is 14.0. The van der Waals surface area contributed by atoms with Crippen LogP contribution in [0.1, 0.15) is 24.0 Å². The van der Waals surface area contributed by atoms with Gasteiger partial charge in [0.25, 0.3) is 0 Å². The lowest BCUT2D eigenvalue weighted by Crippen LogP contribution is -2.47. The Morgan fingerprint density at radius 2 is 1.73 bits per heavy atom. The minimum Gasteiger partial charge on any atom is -0.493 e. The number of benzene rings is 2. The van der Waals surface area contributed by atoms with Crippen molar-refractivity contribution < 1.29 is 23.7 Å². The average molecular weight is 569 g/mol. The van der Waals surface area contributed by atoms with Crippen molar-refractivity contribution >= 4 is 29.9 Å². The summed E-state index contributed by atoms with van der Waals surface area (Å²) in [4.78, 5) is 4.41. The first kappa shape index (κ1) is 25.2. The summed E-state index contributed by atoms with van der Waals surface area (Å²) in [5.41, 5.74) is 2.23. The van der Waals surface area contributed by atoms with Crippen LogP contribution in [0.3, 0.4) is 0 Å². The largest absolute Gasteiger partial charge is 0.493 e. The number of halogens is 1. The van der Waals surface area contributed by atoms with Crippen molar-refractivity contribution in [2.45, 2.75) is 24.8 Å². The summed E-state index contributed by atoms with van der Waals surface area (Å²) >= 11 is 0. The molecule has 33 heavy (non-hydrogen) atoms. The van der Waals surface area contributed by atoms with E-state index in [1.807, 2.05) is 24.3 Å². The summed E-state index contributed by atoms with van der Waals surface area (Å²) in [5.74, 6) is 3.77. The first-order chi connectivity index (χ1) is 15.7. The minimum absolute atomic E-state index is 0. The van der Waals surface area contributed by atoms with Crippen LogP contribution in [0.2, 0.25) is 0 Å². The van der Waals surface area contributed by atoms with Crippen LogP contribution < -0.4 is 29.6 Å². The predicted octanol–water partition coefficient (Wildman–Crippen LogP) is 3.46. The number of hydrogen-bond acceptors (Lipinski definition) is 6. The molecule has 0 saturated carbocycles. The summed E-state index contributed by atoms with van der Waals surface area (Å²) in [7, 11) is 5.05. The van der Waals surface area contributed by atoms with Gasteiger partial charge < -0.3 is 34.3 Å². The summed E-state index contributed by atoms with van der Waals surface area (Å²) in [6.07, 6.45) is 1.85. The molecule has 0 unspecified atom stereocenters. The first-order valence-corrected chi connectivity index (χ1v) is 10.8. The molecule has 0 amide bonds. The molecule has 2 aromatic rings. The Labute approximate surface area is 212 Å². The molecule has 2 heterocycles. The molecule has 1 saturated heterocycles. The smallest absolute Gasteiger partial charge is 0.231 e. The quantitative estimate of drug-likeness (QED) is 0.300. The van der Waals surface area contributed by atoms with Crippen molar-refractivity contribution in [3.63, 3.8) is 0 Å². The SMILES string of the molecule is CN=C(NCc1ccc(OC)c(OC)c1)NCC1(c2ccc3c(c2)OCO3)CCOCC1.I. The first-order valence-electron chi connectivity index (χ1n) is 10.8. The number of aliphatic imine (C=N–C) groups is 1. The zero-order chi connectivity index (χ0) is 22.4. The molecule has 2 aromatic carbocycles. The van der Waals surface area contributed by atoms with Crippen LogP contribution in [0.4, 0.5) is 0 Å². The molecular weight excluding hydrogens is 537 g/mol. The van der Waals surface area contributed by atoms with Gasteiger partial charge in [0.05, 0.1) is 14.2 Å². The highest BCUT2D eigenvalue weighted by atomic mass is 127. The Morgan fingerprint density at radius 1 is 0.970 bits per heavy atom. The maximum atomic E-state index is 5.67. The lowest BCUT2D eigenvalue weighted by molar-refractivity contribution is 0.0513. The van der Waals surface area contributed by atoms with Crippen LogP contribution in [0.5, 0.6) is 23.0 Å². The summed E-state index contributed by atoms with van der Waals surface area (Å²) < 4.78 is 27.5. The van der Waals surface area contributed by atoms with Crippen molar-refractivity contribution in [3.8, 4) is 23.0 Å². The van der Waals surface area contributed by atoms with Crippen LogP contribution in [0.25, 0.3) is 0 Å². The molecule has 0 aliphatic carbocycles. The van der Waals surface area contributed by atoms with Crippen LogP contribution in [0, 0.1) is 0 Å². The fraction of sp³-hybridized carbons (Fsp3) is 0.458. The summed E-state index contributed by atoms with van der Waals surface area (Å²) in [6, 6.07) is 12.1. The maximum Gasteiger partial charge on any atom is 0.231 e. The third-order valence-corrected chi connectivity index (χ3v) is 6.16. The zero-order valence-electron chi connectivity index (χ0n) is 19.3. The maximum absolute atomic E-state index is 5.67. The van der Waals surface area contributed by atoms with Gasteiger partial charge in [0, 0.05) is 38.8 Å². The van der Waals surface area contributed by atoms with Crippen LogP contribution in [-0.4, -0.2) is 53.8 Å². The number of guanidine groups is 1. The van der Waals surface area contributed by atoms with E-state index in [9.17, 15) is 0 Å². The highest BCUT2D eigenvalue weighted by Crippen LogP contribution is 2.40. The topological polar surface area (TPSA) is 82.6 Å². The predicted molar refractivity (Wildman–Crippen MR) is 137 cm³/mol. The number of nitrogens with zero attached hydrogens (tertiary/aromatic N) is 1. The Hall–Kier alpha value is -2.40. The van der Waals surface area contributed by atoms with Gasteiger partial charge in [-0.05, 0) is 48.2 Å². The van der Waals surface area contributed by atoms with Crippen LogP contribution >= 0.6 is 24.0 Å². The van der Waals surface area contributed by atoms with E-state index >= 15 is 0 Å². The second kappa shape index (κ2) is 11.6. The number of rotatable bonds is 7. The summed E-state index contributed by atoms with van der Waals surface area (Å²) in [5, 5.41) is 6.91. The third kappa shape index (κ3) is 5.75. The monoisotopic (exact) mass is 569 g/mol. The molecule has 0 radical (unpaired) electrons. The van der Waals surface area contributed by atoms with Crippen LogP contribution in [-0.2, 0) is 16.7 Å². The molecule has 0 aromatic heterocycles. The Kier molecular flexibility index (Phi) is 8.90. The lowest BCUT2D eigenvalue weighted by atomic mass is 9.74. The Morgan fingerprint density at radius 3 is 2.45 bits per heavy atom. The number of methoxy groups -OCH3 is 2. The molecule has 4 rings (SSSR count). The third-order valence-electron chi connectivity index (χ3n) is 6.16. The number of hydrogen-bond donors (Lipinski definition) is 2. The molecule has 8 nitrogen and oxygen atoms in total. The molecular formula is C24H32IN3O5. The fourth-order valence-electron chi connectivity index (χ4n) is 4.21. The molecule has 2 aliphatic heterocycles. The zero-order valence-corrected chi connectivity index (χ0v) is 21.6. The second-order valence-electron chi connectivity index (χ2n) is 7.93. The number of ether oxygens (including phenoxy) is 5. The molecule has 0 atom stereocenters. The number of nitrogens with one attached hydrogen (secondary N) is 2. The van der Waals surface area contributed by atoms with Crippen molar-refractivity contribution in [3.05, 3.63) is 47.5 Å². The standard InChI is InChI=1S/C24H31N3O5.HI/c1-25-23(26-14-17-4-6-19(28-2)21(12-17)29-3)27-15-24(8-10-30-11-9-24)18-5-7-20-22(13-18)32-16-31-20;/h4-7,12-13H,8-11,14-16H2,1-3H3,(H2,25,26,27);1H. The van der Waals surface area contributed by atoms with E-state index in [4.69, 9.17) is 23.7 Å². The van der Waals surface area contributed by atoms with Crippen LogP contribution in [0.15, 0.2) is 41.4 Å². The lowest BCUT2D eigenvalue weighted by Gasteiger charge is -2.38. The van der Waals surface area contributed by atoms with E-state index in [1.54, 1.807) is 21.3 Å². The Balaban J connectivity index is 0.00000306. The van der Waals surface area contributed by atoms with Gasteiger partial charge in [-0.25, -0.2) is 0 Å². The van der Waals surface area contributed by atoms with Crippen molar-refractivity contribution in [1.82, 2.24) is 10.6 Å². The second-order valence-corrected chi connectivity index (χ2v) is 7.93. The van der Waals surface area contributed by atoms with E-state index in [1.165, 1.54) is 5.56 Å². The molecule has 2 aliphatic rings. The molecule has 0 bridgehead atoms. The van der Waals surface area contributed by atoms with Gasteiger partial charge in [0.1, 0.15) is 0 Å². The molecule has 2 N–H and O–H groups in total. The van der Waals surface area contributed by atoms with Gasteiger partial charge in [0.2, 0.25) is 6.79 Å². The van der Waals surface area contributed by atoms with E-state index in [-0.39, 0.29) is 36.2 Å². The van der Waals surface area contributed by atoms with E-state index in [0.717, 1.165) is 55.6 Å².